The zero-order valence-corrected chi connectivity index (χ0v) is 13.1. The van der Waals surface area contributed by atoms with Gasteiger partial charge in [0.1, 0.15) is 16.2 Å². The van der Waals surface area contributed by atoms with E-state index in [0.717, 1.165) is 5.56 Å². The maximum Gasteiger partial charge on any atom is 0.350 e. The highest BCUT2D eigenvalue weighted by atomic mass is 32.1. The number of amides is 1. The van der Waals surface area contributed by atoms with Gasteiger partial charge in [0.05, 0.1) is 18.5 Å². The number of hydrogen-bond acceptors (Lipinski definition) is 6. The van der Waals surface area contributed by atoms with Gasteiger partial charge in [0.2, 0.25) is 0 Å². The maximum atomic E-state index is 12.4. The van der Waals surface area contributed by atoms with Crippen LogP contribution < -0.4 is 5.32 Å². The van der Waals surface area contributed by atoms with Crippen molar-refractivity contribution < 1.29 is 18.8 Å². The Labute approximate surface area is 126 Å². The lowest BCUT2D eigenvalue weighted by Crippen LogP contribution is -2.16. The summed E-state index contributed by atoms with van der Waals surface area (Å²) in [5.74, 6) is -0.352. The summed E-state index contributed by atoms with van der Waals surface area (Å²) in [5, 5.41) is 8.41. The lowest BCUT2D eigenvalue weighted by Gasteiger charge is -2.07. The standard InChI is InChI=1S/C14H16N2O4S/c1-5-9-10(8(3)20-16-9)13(17)15-11-7(2)6-21-12(11)14(18)19-4/h6H,5H2,1-4H3,(H,15,17). The summed E-state index contributed by atoms with van der Waals surface area (Å²) in [6.07, 6.45) is 0.590. The van der Waals surface area contributed by atoms with E-state index in [4.69, 9.17) is 9.26 Å². The van der Waals surface area contributed by atoms with Crippen LogP contribution in [0.5, 0.6) is 0 Å². The van der Waals surface area contributed by atoms with E-state index in [2.05, 4.69) is 10.5 Å². The van der Waals surface area contributed by atoms with Crippen LogP contribution in [0.2, 0.25) is 0 Å². The molecule has 0 aromatic carbocycles. The topological polar surface area (TPSA) is 81.4 Å². The smallest absolute Gasteiger partial charge is 0.350 e. The second-order valence-corrected chi connectivity index (χ2v) is 5.36. The molecule has 21 heavy (non-hydrogen) atoms. The van der Waals surface area contributed by atoms with Crippen molar-refractivity contribution in [3.05, 3.63) is 32.8 Å². The summed E-state index contributed by atoms with van der Waals surface area (Å²) in [7, 11) is 1.31. The maximum absolute atomic E-state index is 12.4. The molecular weight excluding hydrogens is 292 g/mol. The van der Waals surface area contributed by atoms with Crippen molar-refractivity contribution in [3.63, 3.8) is 0 Å². The number of methoxy groups -OCH3 is 1. The predicted octanol–water partition coefficient (Wildman–Crippen LogP) is 2.95. The van der Waals surface area contributed by atoms with Gasteiger partial charge in [-0.3, -0.25) is 4.79 Å². The fourth-order valence-corrected chi connectivity index (χ4v) is 2.89. The monoisotopic (exact) mass is 308 g/mol. The highest BCUT2D eigenvalue weighted by molar-refractivity contribution is 7.12. The molecule has 0 unspecified atom stereocenters. The molecular formula is C14H16N2O4S. The van der Waals surface area contributed by atoms with E-state index in [1.807, 2.05) is 13.8 Å². The molecule has 0 aliphatic carbocycles. The quantitative estimate of drug-likeness (QED) is 0.878. The van der Waals surface area contributed by atoms with Crippen molar-refractivity contribution in [2.45, 2.75) is 27.2 Å². The van der Waals surface area contributed by atoms with E-state index >= 15 is 0 Å². The normalized spacial score (nSPS) is 10.5. The molecule has 2 heterocycles. The molecule has 0 spiro atoms. The lowest BCUT2D eigenvalue weighted by molar-refractivity contribution is 0.0607. The fraction of sp³-hybridized carbons (Fsp3) is 0.357. The number of nitrogens with one attached hydrogen (secondary N) is 1. The van der Waals surface area contributed by atoms with Crippen molar-refractivity contribution in [2.75, 3.05) is 12.4 Å². The Kier molecular flexibility index (Phi) is 4.42. The molecule has 2 aromatic heterocycles. The number of anilines is 1. The number of carbonyl (C=O) groups is 2. The Morgan fingerprint density at radius 2 is 2.14 bits per heavy atom. The lowest BCUT2D eigenvalue weighted by atomic mass is 10.1. The van der Waals surface area contributed by atoms with Crippen molar-refractivity contribution in [1.29, 1.82) is 0 Å². The molecule has 0 fully saturated rings. The minimum absolute atomic E-state index is 0.336. The van der Waals surface area contributed by atoms with Gasteiger partial charge < -0.3 is 14.6 Å². The third-order valence-corrected chi connectivity index (χ3v) is 4.16. The van der Waals surface area contributed by atoms with E-state index in [9.17, 15) is 9.59 Å². The molecule has 0 saturated carbocycles. The molecule has 0 atom stereocenters. The number of carbonyl (C=O) groups excluding carboxylic acids is 2. The third kappa shape index (κ3) is 2.82. The molecule has 0 bridgehead atoms. The molecule has 2 aromatic rings. The Morgan fingerprint density at radius 3 is 2.76 bits per heavy atom. The van der Waals surface area contributed by atoms with Gasteiger partial charge in [0.25, 0.3) is 5.91 Å². The minimum atomic E-state index is -0.471. The van der Waals surface area contributed by atoms with Crippen LogP contribution in [0.1, 0.15) is 44.0 Å². The van der Waals surface area contributed by atoms with Gasteiger partial charge in [-0.2, -0.15) is 0 Å². The molecule has 112 valence electrons. The number of nitrogens with zero attached hydrogens (tertiary/aromatic N) is 1. The highest BCUT2D eigenvalue weighted by Crippen LogP contribution is 2.29. The second kappa shape index (κ2) is 6.09. The van der Waals surface area contributed by atoms with Crippen molar-refractivity contribution >= 4 is 28.9 Å². The third-order valence-electron chi connectivity index (χ3n) is 3.08. The van der Waals surface area contributed by atoms with Gasteiger partial charge in [-0.25, -0.2) is 4.79 Å². The number of esters is 1. The molecule has 0 aliphatic rings. The Bertz CT molecular complexity index is 687. The first-order chi connectivity index (χ1) is 9.99. The van der Waals surface area contributed by atoms with Gasteiger partial charge in [0, 0.05) is 0 Å². The van der Waals surface area contributed by atoms with Gasteiger partial charge in [-0.05, 0) is 31.2 Å². The number of ether oxygens (including phenoxy) is 1. The van der Waals surface area contributed by atoms with Gasteiger partial charge in [-0.1, -0.05) is 12.1 Å². The predicted molar refractivity (Wildman–Crippen MR) is 79.0 cm³/mol. The van der Waals surface area contributed by atoms with Crippen LogP contribution in [0.3, 0.4) is 0 Å². The number of aryl methyl sites for hydroxylation is 3. The first-order valence-electron chi connectivity index (χ1n) is 6.42. The van der Waals surface area contributed by atoms with Crippen LogP contribution in [-0.4, -0.2) is 24.1 Å². The van der Waals surface area contributed by atoms with E-state index in [1.165, 1.54) is 18.4 Å². The fourth-order valence-electron chi connectivity index (χ4n) is 1.97. The van der Waals surface area contributed by atoms with Crippen molar-refractivity contribution in [3.8, 4) is 0 Å². The van der Waals surface area contributed by atoms with Gasteiger partial charge >= 0.3 is 5.97 Å². The number of rotatable bonds is 4. The zero-order valence-electron chi connectivity index (χ0n) is 12.3. The molecule has 2 rings (SSSR count). The Hall–Kier alpha value is -2.15. The molecule has 7 heteroatoms. The second-order valence-electron chi connectivity index (χ2n) is 4.48. The first kappa shape index (κ1) is 15.2. The van der Waals surface area contributed by atoms with E-state index in [-0.39, 0.29) is 5.91 Å². The summed E-state index contributed by atoms with van der Waals surface area (Å²) >= 11 is 1.23. The summed E-state index contributed by atoms with van der Waals surface area (Å²) in [4.78, 5) is 24.5. The first-order valence-corrected chi connectivity index (χ1v) is 7.30. The molecule has 0 aliphatic heterocycles. The molecule has 1 amide bonds. The summed E-state index contributed by atoms with van der Waals surface area (Å²) in [5.41, 5.74) is 2.29. The van der Waals surface area contributed by atoms with Crippen LogP contribution in [0.15, 0.2) is 9.90 Å². The molecule has 0 saturated heterocycles. The minimum Gasteiger partial charge on any atom is -0.465 e. The summed E-state index contributed by atoms with van der Waals surface area (Å²) in [6, 6.07) is 0. The van der Waals surface area contributed by atoms with E-state index < -0.39 is 5.97 Å². The van der Waals surface area contributed by atoms with Crippen LogP contribution in [0.25, 0.3) is 0 Å². The number of aromatic nitrogens is 1. The number of hydrogen-bond donors (Lipinski definition) is 1. The zero-order chi connectivity index (χ0) is 15.6. The summed E-state index contributed by atoms with van der Waals surface area (Å²) < 4.78 is 9.78. The van der Waals surface area contributed by atoms with Crippen molar-refractivity contribution in [2.24, 2.45) is 0 Å². The van der Waals surface area contributed by atoms with Crippen LogP contribution in [-0.2, 0) is 11.2 Å². The van der Waals surface area contributed by atoms with Gasteiger partial charge in [-0.15, -0.1) is 11.3 Å². The van der Waals surface area contributed by atoms with Crippen LogP contribution >= 0.6 is 11.3 Å². The number of thiophene rings is 1. The SMILES string of the molecule is CCc1noc(C)c1C(=O)Nc1c(C)csc1C(=O)OC. The van der Waals surface area contributed by atoms with Crippen LogP contribution in [0.4, 0.5) is 5.69 Å². The average Bonchev–Trinajstić information content (AvgIpc) is 3.02. The highest BCUT2D eigenvalue weighted by Gasteiger charge is 2.23. The molecule has 0 radical (unpaired) electrons. The van der Waals surface area contributed by atoms with Gasteiger partial charge in [0.15, 0.2) is 0 Å². The van der Waals surface area contributed by atoms with Crippen molar-refractivity contribution in [1.82, 2.24) is 5.16 Å². The molecule has 6 nitrogen and oxygen atoms in total. The van der Waals surface area contributed by atoms with E-state index in [0.29, 0.717) is 34.0 Å². The molecule has 1 N–H and O–H groups in total. The summed E-state index contributed by atoms with van der Waals surface area (Å²) in [6.45, 7) is 5.40. The average molecular weight is 308 g/mol. The Balaban J connectivity index is 2.34. The largest absolute Gasteiger partial charge is 0.465 e. The van der Waals surface area contributed by atoms with E-state index in [1.54, 1.807) is 12.3 Å². The Morgan fingerprint density at radius 1 is 1.43 bits per heavy atom. The van der Waals surface area contributed by atoms with Crippen LogP contribution in [0, 0.1) is 13.8 Å².